The van der Waals surface area contributed by atoms with Crippen LogP contribution in [0.3, 0.4) is 0 Å². The molecule has 0 fully saturated rings. The second-order valence-corrected chi connectivity index (χ2v) is 4.06. The molecule has 1 amide bonds. The van der Waals surface area contributed by atoms with Crippen molar-refractivity contribution >= 4 is 11.6 Å². The third-order valence-electron chi connectivity index (χ3n) is 2.65. The van der Waals surface area contributed by atoms with Gasteiger partial charge in [-0.05, 0) is 24.6 Å². The molecule has 0 aliphatic rings. The van der Waals surface area contributed by atoms with Gasteiger partial charge in [-0.3, -0.25) is 20.6 Å². The highest BCUT2D eigenvalue weighted by molar-refractivity contribution is 5.99. The molecule has 0 bridgehead atoms. The summed E-state index contributed by atoms with van der Waals surface area (Å²) >= 11 is 0. The van der Waals surface area contributed by atoms with Crippen molar-refractivity contribution in [3.8, 4) is 0 Å². The SMILES string of the molecule is Cc1ccc(CNC(=O)c2ccncc2NN)cn1. The first-order chi connectivity index (χ1) is 9.20. The maximum absolute atomic E-state index is 12.0. The van der Waals surface area contributed by atoms with Gasteiger partial charge >= 0.3 is 0 Å². The van der Waals surface area contributed by atoms with Crippen LogP contribution >= 0.6 is 0 Å². The third kappa shape index (κ3) is 3.26. The lowest BCUT2D eigenvalue weighted by Crippen LogP contribution is -2.25. The molecule has 0 spiro atoms. The van der Waals surface area contributed by atoms with E-state index in [0.717, 1.165) is 11.3 Å². The molecule has 6 heteroatoms. The Balaban J connectivity index is 2.03. The van der Waals surface area contributed by atoms with Gasteiger partial charge in [0.15, 0.2) is 0 Å². The minimum atomic E-state index is -0.212. The number of pyridine rings is 2. The molecule has 4 N–H and O–H groups in total. The van der Waals surface area contributed by atoms with Crippen molar-refractivity contribution in [2.24, 2.45) is 5.84 Å². The normalized spacial score (nSPS) is 10.0. The lowest BCUT2D eigenvalue weighted by Gasteiger charge is -2.09. The number of nitrogen functional groups attached to an aromatic ring is 1. The number of hydrazine groups is 1. The number of nitrogens with zero attached hydrogens (tertiary/aromatic N) is 2. The zero-order valence-corrected chi connectivity index (χ0v) is 10.6. The fraction of sp³-hybridized carbons (Fsp3) is 0.154. The number of aromatic nitrogens is 2. The van der Waals surface area contributed by atoms with E-state index in [9.17, 15) is 4.79 Å². The van der Waals surface area contributed by atoms with Crippen LogP contribution in [-0.4, -0.2) is 15.9 Å². The van der Waals surface area contributed by atoms with Crippen LogP contribution in [-0.2, 0) is 6.54 Å². The highest BCUT2D eigenvalue weighted by Crippen LogP contribution is 2.11. The maximum atomic E-state index is 12.0. The third-order valence-corrected chi connectivity index (χ3v) is 2.65. The van der Waals surface area contributed by atoms with E-state index in [4.69, 9.17) is 5.84 Å². The summed E-state index contributed by atoms with van der Waals surface area (Å²) < 4.78 is 0. The summed E-state index contributed by atoms with van der Waals surface area (Å²) in [7, 11) is 0. The summed E-state index contributed by atoms with van der Waals surface area (Å²) in [5.74, 6) is 5.12. The van der Waals surface area contributed by atoms with Gasteiger partial charge in [0.2, 0.25) is 0 Å². The predicted octanol–water partition coefficient (Wildman–Crippen LogP) is 1.00. The maximum Gasteiger partial charge on any atom is 0.253 e. The van der Waals surface area contributed by atoms with Gasteiger partial charge in [-0.1, -0.05) is 6.07 Å². The van der Waals surface area contributed by atoms with Crippen LogP contribution in [0.1, 0.15) is 21.6 Å². The Morgan fingerprint density at radius 2 is 2.16 bits per heavy atom. The average Bonchev–Trinajstić information content (AvgIpc) is 2.46. The molecule has 0 unspecified atom stereocenters. The topological polar surface area (TPSA) is 92.9 Å². The summed E-state index contributed by atoms with van der Waals surface area (Å²) in [6.45, 7) is 2.33. The minimum Gasteiger partial charge on any atom is -0.348 e. The smallest absolute Gasteiger partial charge is 0.253 e. The summed E-state index contributed by atoms with van der Waals surface area (Å²) in [6.07, 6.45) is 4.79. The molecule has 98 valence electrons. The lowest BCUT2D eigenvalue weighted by atomic mass is 10.2. The summed E-state index contributed by atoms with van der Waals surface area (Å²) in [5, 5.41) is 2.81. The number of hydrogen-bond acceptors (Lipinski definition) is 5. The van der Waals surface area contributed by atoms with Crippen LogP contribution in [0.25, 0.3) is 0 Å². The number of nitrogens with two attached hydrogens (primary N) is 1. The molecule has 2 aromatic rings. The Kier molecular flexibility index (Phi) is 4.04. The number of amides is 1. The molecule has 2 aromatic heterocycles. The number of carbonyl (C=O) groups is 1. The molecule has 19 heavy (non-hydrogen) atoms. The number of carbonyl (C=O) groups excluding carboxylic acids is 1. The van der Waals surface area contributed by atoms with Crippen LogP contribution in [0.4, 0.5) is 5.69 Å². The zero-order valence-electron chi connectivity index (χ0n) is 10.6. The Bertz CT molecular complexity index is 568. The van der Waals surface area contributed by atoms with E-state index in [1.165, 1.54) is 6.20 Å². The second kappa shape index (κ2) is 5.92. The van der Waals surface area contributed by atoms with Crippen molar-refractivity contribution in [1.29, 1.82) is 0 Å². The van der Waals surface area contributed by atoms with Crippen LogP contribution in [0, 0.1) is 6.92 Å². The molecule has 2 rings (SSSR count). The van der Waals surface area contributed by atoms with Crippen molar-refractivity contribution in [3.05, 3.63) is 53.6 Å². The van der Waals surface area contributed by atoms with E-state index in [1.54, 1.807) is 18.5 Å². The number of rotatable bonds is 4. The van der Waals surface area contributed by atoms with Crippen molar-refractivity contribution in [2.75, 3.05) is 5.43 Å². The first-order valence-electron chi connectivity index (χ1n) is 5.81. The monoisotopic (exact) mass is 257 g/mol. The van der Waals surface area contributed by atoms with Gasteiger partial charge in [-0.25, -0.2) is 0 Å². The predicted molar refractivity (Wildman–Crippen MR) is 72.2 cm³/mol. The largest absolute Gasteiger partial charge is 0.348 e. The first-order valence-corrected chi connectivity index (χ1v) is 5.81. The van der Waals surface area contributed by atoms with Crippen LogP contribution in [0.15, 0.2) is 36.8 Å². The van der Waals surface area contributed by atoms with Gasteiger partial charge in [-0.15, -0.1) is 0 Å². The van der Waals surface area contributed by atoms with Crippen LogP contribution in [0.5, 0.6) is 0 Å². The number of anilines is 1. The van der Waals surface area contributed by atoms with E-state index in [0.29, 0.717) is 17.8 Å². The standard InChI is InChI=1S/C13H15N5O/c1-9-2-3-10(6-16-9)7-17-13(19)11-4-5-15-8-12(11)18-14/h2-6,8,18H,7,14H2,1H3,(H,17,19). The number of aryl methyl sites for hydroxylation is 1. The van der Waals surface area contributed by atoms with Gasteiger partial charge in [0.25, 0.3) is 5.91 Å². The molecule has 0 radical (unpaired) electrons. The van der Waals surface area contributed by atoms with Crippen molar-refractivity contribution in [2.45, 2.75) is 13.5 Å². The van der Waals surface area contributed by atoms with Crippen molar-refractivity contribution < 1.29 is 4.79 Å². The number of hydrogen-bond donors (Lipinski definition) is 3. The Hall–Kier alpha value is -2.47. The van der Waals surface area contributed by atoms with Gasteiger partial charge < -0.3 is 10.7 Å². The fourth-order valence-electron chi connectivity index (χ4n) is 1.59. The van der Waals surface area contributed by atoms with Crippen LogP contribution in [0.2, 0.25) is 0 Å². The van der Waals surface area contributed by atoms with Gasteiger partial charge in [-0.2, -0.15) is 0 Å². The minimum absolute atomic E-state index is 0.212. The molecule has 0 aromatic carbocycles. The Morgan fingerprint density at radius 3 is 2.84 bits per heavy atom. The van der Waals surface area contributed by atoms with Gasteiger partial charge in [0.05, 0.1) is 17.4 Å². The molecule has 6 nitrogen and oxygen atoms in total. The van der Waals surface area contributed by atoms with E-state index in [2.05, 4.69) is 20.7 Å². The average molecular weight is 257 g/mol. The Labute approximate surface area is 111 Å². The van der Waals surface area contributed by atoms with E-state index < -0.39 is 0 Å². The van der Waals surface area contributed by atoms with Crippen molar-refractivity contribution in [3.63, 3.8) is 0 Å². The molecule has 0 saturated carbocycles. The summed E-state index contributed by atoms with van der Waals surface area (Å²) in [5.41, 5.74) is 5.27. The Morgan fingerprint density at radius 1 is 1.32 bits per heavy atom. The van der Waals surface area contributed by atoms with E-state index in [1.807, 2.05) is 19.1 Å². The molecule has 0 atom stereocenters. The highest BCUT2D eigenvalue weighted by Gasteiger charge is 2.10. The molecule has 0 saturated heterocycles. The fourth-order valence-corrected chi connectivity index (χ4v) is 1.59. The first kappa shape index (κ1) is 13.0. The van der Waals surface area contributed by atoms with Crippen molar-refractivity contribution in [1.82, 2.24) is 15.3 Å². The van der Waals surface area contributed by atoms with E-state index in [-0.39, 0.29) is 5.91 Å². The summed E-state index contributed by atoms with van der Waals surface area (Å²) in [6, 6.07) is 5.44. The highest BCUT2D eigenvalue weighted by atomic mass is 16.1. The molecule has 0 aliphatic carbocycles. The van der Waals surface area contributed by atoms with Gasteiger partial charge in [0.1, 0.15) is 0 Å². The molecule has 2 heterocycles. The molecule has 0 aliphatic heterocycles. The molecular weight excluding hydrogens is 242 g/mol. The number of nitrogens with one attached hydrogen (secondary N) is 2. The van der Waals surface area contributed by atoms with Gasteiger partial charge in [0, 0.05) is 24.6 Å². The molecular formula is C13H15N5O. The summed E-state index contributed by atoms with van der Waals surface area (Å²) in [4.78, 5) is 20.1. The van der Waals surface area contributed by atoms with Crippen LogP contribution < -0.4 is 16.6 Å². The quantitative estimate of drug-likeness (QED) is 0.561. The lowest BCUT2D eigenvalue weighted by molar-refractivity contribution is 0.0951. The zero-order chi connectivity index (χ0) is 13.7. The van der Waals surface area contributed by atoms with E-state index >= 15 is 0 Å². The second-order valence-electron chi connectivity index (χ2n) is 4.06.